The summed E-state index contributed by atoms with van der Waals surface area (Å²) in [7, 11) is 0. The van der Waals surface area contributed by atoms with Gasteiger partial charge in [-0.1, -0.05) is 18.2 Å². The summed E-state index contributed by atoms with van der Waals surface area (Å²) in [5.74, 6) is 0.693. The third-order valence-corrected chi connectivity index (χ3v) is 4.34. The molecule has 1 aromatic carbocycles. The van der Waals surface area contributed by atoms with Gasteiger partial charge >= 0.3 is 0 Å². The van der Waals surface area contributed by atoms with Crippen molar-refractivity contribution in [3.8, 4) is 11.3 Å². The first-order valence-electron chi connectivity index (χ1n) is 7.29. The van der Waals surface area contributed by atoms with Gasteiger partial charge in [0.15, 0.2) is 6.29 Å². The molecule has 0 spiro atoms. The number of benzene rings is 1. The first-order valence-corrected chi connectivity index (χ1v) is 7.29. The Morgan fingerprint density at radius 3 is 2.95 bits per heavy atom. The van der Waals surface area contributed by atoms with Crippen molar-refractivity contribution in [2.24, 2.45) is 5.92 Å². The summed E-state index contributed by atoms with van der Waals surface area (Å²) in [5.41, 5.74) is 3.03. The molecule has 0 saturated heterocycles. The quantitative estimate of drug-likeness (QED) is 0.676. The molecule has 0 N–H and O–H groups in total. The molecule has 1 saturated carbocycles. The highest BCUT2D eigenvalue weighted by Crippen LogP contribution is 2.40. The maximum absolute atomic E-state index is 11.4. The smallest absolute Gasteiger partial charge is 0.153 e. The fourth-order valence-electron chi connectivity index (χ4n) is 2.87. The number of fused-ring (bicyclic) bond motifs is 1. The normalized spacial score (nSPS) is 16.2. The molecule has 3 aromatic rings. The molecular weight excluding hydrogens is 264 g/mol. The van der Waals surface area contributed by atoms with E-state index in [0.29, 0.717) is 23.2 Å². The Morgan fingerprint density at radius 1 is 1.38 bits per heavy atom. The highest BCUT2D eigenvalue weighted by atomic mass is 16.3. The van der Waals surface area contributed by atoms with Crippen molar-refractivity contribution in [3.63, 3.8) is 0 Å². The van der Waals surface area contributed by atoms with Crippen LogP contribution in [0.5, 0.6) is 0 Å². The Kier molecular flexibility index (Phi) is 2.70. The Labute approximate surface area is 122 Å². The van der Waals surface area contributed by atoms with Crippen molar-refractivity contribution < 1.29 is 9.21 Å². The van der Waals surface area contributed by atoms with Crippen molar-refractivity contribution in [2.75, 3.05) is 0 Å². The molecule has 1 atom stereocenters. The number of aromatic nitrogens is 2. The minimum atomic E-state index is 0.343. The van der Waals surface area contributed by atoms with E-state index in [-0.39, 0.29) is 0 Å². The van der Waals surface area contributed by atoms with Gasteiger partial charge in [-0.05, 0) is 31.7 Å². The van der Waals surface area contributed by atoms with Crippen molar-refractivity contribution >= 4 is 17.3 Å². The van der Waals surface area contributed by atoms with Crippen LogP contribution in [-0.2, 0) is 0 Å². The summed E-state index contributed by atoms with van der Waals surface area (Å²) in [6.45, 7) is 2.16. The van der Waals surface area contributed by atoms with E-state index >= 15 is 0 Å². The van der Waals surface area contributed by atoms with E-state index in [0.717, 1.165) is 22.8 Å². The summed E-state index contributed by atoms with van der Waals surface area (Å²) >= 11 is 0. The molecule has 4 heteroatoms. The molecule has 21 heavy (non-hydrogen) atoms. The van der Waals surface area contributed by atoms with Crippen LogP contribution in [0.15, 0.2) is 41.1 Å². The number of aldehydes is 1. The third-order valence-electron chi connectivity index (χ3n) is 4.34. The molecular formula is C17H16N2O2. The molecule has 0 aliphatic heterocycles. The second kappa shape index (κ2) is 4.58. The number of hydrogen-bond donors (Lipinski definition) is 0. The van der Waals surface area contributed by atoms with E-state index in [1.54, 1.807) is 6.26 Å². The Morgan fingerprint density at radius 2 is 2.19 bits per heavy atom. The summed E-state index contributed by atoms with van der Waals surface area (Å²) in [6.07, 6.45) is 6.92. The van der Waals surface area contributed by atoms with Crippen LogP contribution in [0.1, 0.15) is 36.2 Å². The van der Waals surface area contributed by atoms with Crippen molar-refractivity contribution in [2.45, 2.75) is 25.8 Å². The lowest BCUT2D eigenvalue weighted by Crippen LogP contribution is -2.07. The molecule has 2 heterocycles. The molecule has 1 fully saturated rings. The minimum Gasteiger partial charge on any atom is -0.464 e. The number of hydrogen-bond acceptors (Lipinski definition) is 3. The topological polar surface area (TPSA) is 48.0 Å². The maximum Gasteiger partial charge on any atom is 0.153 e. The van der Waals surface area contributed by atoms with Crippen LogP contribution in [0, 0.1) is 5.92 Å². The maximum atomic E-state index is 11.4. The monoisotopic (exact) mass is 280 g/mol. The van der Waals surface area contributed by atoms with Gasteiger partial charge in [-0.25, -0.2) is 0 Å². The van der Waals surface area contributed by atoms with E-state index in [2.05, 4.69) is 12.0 Å². The van der Waals surface area contributed by atoms with Gasteiger partial charge < -0.3 is 4.42 Å². The van der Waals surface area contributed by atoms with Crippen LogP contribution >= 0.6 is 0 Å². The van der Waals surface area contributed by atoms with E-state index < -0.39 is 0 Å². The zero-order valence-electron chi connectivity index (χ0n) is 11.8. The van der Waals surface area contributed by atoms with E-state index in [1.165, 1.54) is 12.8 Å². The van der Waals surface area contributed by atoms with Crippen molar-refractivity contribution in [1.82, 2.24) is 9.78 Å². The van der Waals surface area contributed by atoms with E-state index in [1.807, 2.05) is 35.1 Å². The van der Waals surface area contributed by atoms with Gasteiger partial charge in [0.25, 0.3) is 0 Å². The number of para-hydroxylation sites is 1. The standard InChI is InChI=1S/C17H16N2O2/c1-11(12-6-7-12)19-8-13(9-20)17(18-19)15-10-21-16-5-3-2-4-14(15)16/h2-5,8-12H,6-7H2,1H3. The number of carbonyl (C=O) groups excluding carboxylic acids is 1. The first kappa shape index (κ1) is 12.4. The average Bonchev–Trinajstić information content (AvgIpc) is 3.14. The van der Waals surface area contributed by atoms with Gasteiger partial charge in [-0.2, -0.15) is 5.10 Å². The number of furan rings is 1. The molecule has 1 aliphatic rings. The lowest BCUT2D eigenvalue weighted by atomic mass is 10.1. The summed E-state index contributed by atoms with van der Waals surface area (Å²) in [6, 6.07) is 8.15. The SMILES string of the molecule is CC(C1CC1)n1cc(C=O)c(-c2coc3ccccc23)n1. The van der Waals surface area contributed by atoms with Gasteiger partial charge in [0, 0.05) is 17.1 Å². The Hall–Kier alpha value is -2.36. The highest BCUT2D eigenvalue weighted by molar-refractivity contribution is 5.97. The zero-order chi connectivity index (χ0) is 14.4. The van der Waals surface area contributed by atoms with Crippen LogP contribution in [-0.4, -0.2) is 16.1 Å². The average molecular weight is 280 g/mol. The summed E-state index contributed by atoms with van der Waals surface area (Å²) in [4.78, 5) is 11.4. The van der Waals surface area contributed by atoms with Gasteiger partial charge in [0.05, 0.1) is 11.6 Å². The lowest BCUT2D eigenvalue weighted by Gasteiger charge is -2.09. The molecule has 0 radical (unpaired) electrons. The molecule has 4 rings (SSSR count). The molecule has 0 bridgehead atoms. The van der Waals surface area contributed by atoms with E-state index in [4.69, 9.17) is 4.42 Å². The van der Waals surface area contributed by atoms with Gasteiger partial charge in [0.2, 0.25) is 0 Å². The molecule has 2 aromatic heterocycles. The molecule has 0 amide bonds. The Balaban J connectivity index is 1.85. The zero-order valence-corrected chi connectivity index (χ0v) is 11.8. The van der Waals surface area contributed by atoms with Crippen LogP contribution in [0.3, 0.4) is 0 Å². The predicted molar refractivity (Wildman–Crippen MR) is 80.3 cm³/mol. The fourth-order valence-corrected chi connectivity index (χ4v) is 2.87. The molecule has 1 aliphatic carbocycles. The van der Waals surface area contributed by atoms with Crippen molar-refractivity contribution in [1.29, 1.82) is 0 Å². The summed E-state index contributed by atoms with van der Waals surface area (Å²) < 4.78 is 7.50. The van der Waals surface area contributed by atoms with Crippen molar-refractivity contribution in [3.05, 3.63) is 42.3 Å². The number of carbonyl (C=O) groups is 1. The van der Waals surface area contributed by atoms with Gasteiger partial charge in [0.1, 0.15) is 17.5 Å². The fraction of sp³-hybridized carbons (Fsp3) is 0.294. The largest absolute Gasteiger partial charge is 0.464 e. The van der Waals surface area contributed by atoms with Crippen LogP contribution in [0.2, 0.25) is 0 Å². The molecule has 4 nitrogen and oxygen atoms in total. The predicted octanol–water partition coefficient (Wildman–Crippen LogP) is 4.08. The molecule has 1 unspecified atom stereocenters. The van der Waals surface area contributed by atoms with Crippen LogP contribution in [0.4, 0.5) is 0 Å². The third kappa shape index (κ3) is 1.98. The molecule has 106 valence electrons. The van der Waals surface area contributed by atoms with E-state index in [9.17, 15) is 4.79 Å². The second-order valence-electron chi connectivity index (χ2n) is 5.75. The summed E-state index contributed by atoms with van der Waals surface area (Å²) in [5, 5.41) is 5.65. The second-order valence-corrected chi connectivity index (χ2v) is 5.75. The van der Waals surface area contributed by atoms with Gasteiger partial charge in [-0.15, -0.1) is 0 Å². The highest BCUT2D eigenvalue weighted by Gasteiger charge is 2.30. The number of nitrogens with zero attached hydrogens (tertiary/aromatic N) is 2. The minimum absolute atomic E-state index is 0.343. The van der Waals surface area contributed by atoms with Gasteiger partial charge in [-0.3, -0.25) is 9.48 Å². The van der Waals surface area contributed by atoms with Crippen LogP contribution in [0.25, 0.3) is 22.2 Å². The first-order chi connectivity index (χ1) is 10.3. The lowest BCUT2D eigenvalue weighted by molar-refractivity contribution is 0.112. The number of rotatable bonds is 4. The Bertz CT molecular complexity index is 811. The van der Waals surface area contributed by atoms with Crippen LogP contribution < -0.4 is 0 Å².